The second kappa shape index (κ2) is 8.82. The van der Waals surface area contributed by atoms with Crippen molar-refractivity contribution in [1.82, 2.24) is 0 Å². The molecule has 0 bridgehead atoms. The maximum atomic E-state index is 12.6. The summed E-state index contributed by atoms with van der Waals surface area (Å²) in [6, 6.07) is 25.3. The molecule has 4 rings (SSSR count). The van der Waals surface area contributed by atoms with Crippen LogP contribution < -0.4 is 15.1 Å². The van der Waals surface area contributed by atoms with E-state index in [2.05, 4.69) is 22.3 Å². The van der Waals surface area contributed by atoms with Crippen LogP contribution in [0.2, 0.25) is 0 Å². The van der Waals surface area contributed by atoms with E-state index in [-0.39, 0.29) is 11.8 Å². The molecule has 2 amide bonds. The number of anilines is 3. The molecule has 0 saturated carbocycles. The van der Waals surface area contributed by atoms with E-state index in [0.29, 0.717) is 12.0 Å². The predicted molar refractivity (Wildman–Crippen MR) is 121 cm³/mol. The van der Waals surface area contributed by atoms with Gasteiger partial charge in [-0.3, -0.25) is 9.59 Å². The first-order valence-corrected chi connectivity index (χ1v) is 10.2. The fourth-order valence-electron chi connectivity index (χ4n) is 3.66. The molecule has 0 radical (unpaired) electrons. The van der Waals surface area contributed by atoms with Crippen molar-refractivity contribution in [2.75, 3.05) is 28.7 Å². The van der Waals surface area contributed by atoms with Gasteiger partial charge in [-0.1, -0.05) is 30.3 Å². The fraction of sp³-hybridized carbons (Fsp3) is 0.200. The summed E-state index contributed by atoms with van der Waals surface area (Å²) in [6.45, 7) is 1.56. The Hall–Kier alpha value is -3.60. The zero-order chi connectivity index (χ0) is 20.9. The Morgan fingerprint density at radius 2 is 1.67 bits per heavy atom. The standard InChI is InChI=1S/C25H25N3O2/c1-27(18-19-6-3-2-4-7-19)22-15-11-21(12-16-22)26-25(30)20-9-13-23(14-10-20)28-17-5-8-24(28)29/h2-4,6-7,9-16H,5,8,17-18H2,1H3,(H,26,30). The number of amides is 2. The fourth-order valence-corrected chi connectivity index (χ4v) is 3.66. The highest BCUT2D eigenvalue weighted by molar-refractivity contribution is 6.05. The van der Waals surface area contributed by atoms with Gasteiger partial charge in [0.15, 0.2) is 0 Å². The lowest BCUT2D eigenvalue weighted by molar-refractivity contribution is -0.117. The number of carbonyl (C=O) groups excluding carboxylic acids is 2. The molecular formula is C25H25N3O2. The second-order valence-electron chi connectivity index (χ2n) is 7.54. The van der Waals surface area contributed by atoms with Gasteiger partial charge < -0.3 is 15.1 Å². The Balaban J connectivity index is 1.37. The molecule has 0 unspecified atom stereocenters. The second-order valence-corrected chi connectivity index (χ2v) is 7.54. The van der Waals surface area contributed by atoms with Crippen LogP contribution >= 0.6 is 0 Å². The van der Waals surface area contributed by atoms with Crippen molar-refractivity contribution in [3.8, 4) is 0 Å². The normalized spacial score (nSPS) is 13.4. The van der Waals surface area contributed by atoms with Crippen LogP contribution in [0.5, 0.6) is 0 Å². The minimum atomic E-state index is -0.167. The minimum absolute atomic E-state index is 0.143. The number of benzene rings is 3. The molecule has 1 aliphatic rings. The zero-order valence-electron chi connectivity index (χ0n) is 17.0. The van der Waals surface area contributed by atoms with Crippen LogP contribution in [0, 0.1) is 0 Å². The van der Waals surface area contributed by atoms with E-state index in [1.807, 2.05) is 61.6 Å². The van der Waals surface area contributed by atoms with Crippen molar-refractivity contribution < 1.29 is 9.59 Å². The molecule has 1 saturated heterocycles. The highest BCUT2D eigenvalue weighted by Gasteiger charge is 2.21. The van der Waals surface area contributed by atoms with Crippen molar-refractivity contribution in [1.29, 1.82) is 0 Å². The molecule has 5 heteroatoms. The Kier molecular flexibility index (Phi) is 5.80. The van der Waals surface area contributed by atoms with Gasteiger partial charge in [-0.25, -0.2) is 0 Å². The lowest BCUT2D eigenvalue weighted by Gasteiger charge is -2.20. The molecule has 3 aromatic carbocycles. The van der Waals surface area contributed by atoms with Gasteiger partial charge in [0.25, 0.3) is 5.91 Å². The summed E-state index contributed by atoms with van der Waals surface area (Å²) in [5, 5.41) is 2.93. The van der Waals surface area contributed by atoms with Gasteiger partial charge in [0.1, 0.15) is 0 Å². The SMILES string of the molecule is CN(Cc1ccccc1)c1ccc(NC(=O)c2ccc(N3CCCC3=O)cc2)cc1. The van der Waals surface area contributed by atoms with Crippen LogP contribution in [0.3, 0.4) is 0 Å². The number of carbonyl (C=O) groups is 2. The summed E-state index contributed by atoms with van der Waals surface area (Å²) in [7, 11) is 2.05. The largest absolute Gasteiger partial charge is 0.370 e. The van der Waals surface area contributed by atoms with Crippen LogP contribution in [0.1, 0.15) is 28.8 Å². The van der Waals surface area contributed by atoms with Crippen LogP contribution in [0.15, 0.2) is 78.9 Å². The molecule has 5 nitrogen and oxygen atoms in total. The average Bonchev–Trinajstić information content (AvgIpc) is 3.21. The minimum Gasteiger partial charge on any atom is -0.370 e. The summed E-state index contributed by atoms with van der Waals surface area (Å²) in [6.07, 6.45) is 1.48. The number of hydrogen-bond acceptors (Lipinski definition) is 3. The van der Waals surface area contributed by atoms with E-state index in [0.717, 1.165) is 36.6 Å². The lowest BCUT2D eigenvalue weighted by Crippen LogP contribution is -2.23. The van der Waals surface area contributed by atoms with Crippen LogP contribution in [0.25, 0.3) is 0 Å². The summed E-state index contributed by atoms with van der Waals surface area (Å²) in [5.74, 6) is -0.0239. The zero-order valence-corrected chi connectivity index (χ0v) is 17.0. The molecule has 0 aromatic heterocycles. The van der Waals surface area contributed by atoms with Gasteiger partial charge >= 0.3 is 0 Å². The van der Waals surface area contributed by atoms with Gasteiger partial charge in [-0.05, 0) is 60.5 Å². The summed E-state index contributed by atoms with van der Waals surface area (Å²) >= 11 is 0. The Morgan fingerprint density at radius 1 is 0.967 bits per heavy atom. The van der Waals surface area contributed by atoms with Gasteiger partial charge in [0.2, 0.25) is 5.91 Å². The van der Waals surface area contributed by atoms with Crippen molar-refractivity contribution >= 4 is 28.9 Å². The maximum Gasteiger partial charge on any atom is 0.255 e. The third-order valence-electron chi connectivity index (χ3n) is 5.34. The number of rotatable bonds is 6. The van der Waals surface area contributed by atoms with E-state index in [1.165, 1.54) is 5.56 Å². The molecule has 152 valence electrons. The van der Waals surface area contributed by atoms with Gasteiger partial charge in [0, 0.05) is 49.2 Å². The third-order valence-corrected chi connectivity index (χ3v) is 5.34. The highest BCUT2D eigenvalue weighted by atomic mass is 16.2. The molecule has 1 aliphatic heterocycles. The maximum absolute atomic E-state index is 12.6. The summed E-state index contributed by atoms with van der Waals surface area (Å²) in [5.41, 5.74) is 4.49. The Morgan fingerprint density at radius 3 is 2.30 bits per heavy atom. The Bertz CT molecular complexity index is 1010. The highest BCUT2D eigenvalue weighted by Crippen LogP contribution is 2.23. The molecule has 30 heavy (non-hydrogen) atoms. The Labute approximate surface area is 176 Å². The quantitative estimate of drug-likeness (QED) is 0.654. The smallest absolute Gasteiger partial charge is 0.255 e. The van der Waals surface area contributed by atoms with E-state index >= 15 is 0 Å². The van der Waals surface area contributed by atoms with Gasteiger partial charge in [-0.2, -0.15) is 0 Å². The van der Waals surface area contributed by atoms with E-state index < -0.39 is 0 Å². The van der Waals surface area contributed by atoms with Gasteiger partial charge in [-0.15, -0.1) is 0 Å². The van der Waals surface area contributed by atoms with Crippen LogP contribution in [-0.2, 0) is 11.3 Å². The summed E-state index contributed by atoms with van der Waals surface area (Å²) < 4.78 is 0. The molecule has 1 fully saturated rings. The third kappa shape index (κ3) is 4.51. The number of hydrogen-bond donors (Lipinski definition) is 1. The van der Waals surface area contributed by atoms with Crippen LogP contribution in [0.4, 0.5) is 17.1 Å². The molecule has 1 heterocycles. The van der Waals surface area contributed by atoms with Crippen molar-refractivity contribution in [3.05, 3.63) is 90.0 Å². The van der Waals surface area contributed by atoms with Crippen molar-refractivity contribution in [3.63, 3.8) is 0 Å². The van der Waals surface area contributed by atoms with Crippen LogP contribution in [-0.4, -0.2) is 25.4 Å². The summed E-state index contributed by atoms with van der Waals surface area (Å²) in [4.78, 5) is 28.4. The lowest BCUT2D eigenvalue weighted by atomic mass is 10.1. The topological polar surface area (TPSA) is 52.7 Å². The molecule has 0 atom stereocenters. The molecule has 3 aromatic rings. The molecule has 0 spiro atoms. The molecule has 1 N–H and O–H groups in total. The van der Waals surface area contributed by atoms with E-state index in [9.17, 15) is 9.59 Å². The average molecular weight is 399 g/mol. The first-order valence-electron chi connectivity index (χ1n) is 10.2. The van der Waals surface area contributed by atoms with E-state index in [1.54, 1.807) is 17.0 Å². The first-order chi connectivity index (χ1) is 14.6. The number of nitrogens with one attached hydrogen (secondary N) is 1. The number of nitrogens with zero attached hydrogens (tertiary/aromatic N) is 2. The molecular weight excluding hydrogens is 374 g/mol. The molecule has 0 aliphatic carbocycles. The first kappa shape index (κ1) is 19.7. The van der Waals surface area contributed by atoms with Gasteiger partial charge in [0.05, 0.1) is 0 Å². The monoisotopic (exact) mass is 399 g/mol. The van der Waals surface area contributed by atoms with Crippen molar-refractivity contribution in [2.24, 2.45) is 0 Å². The van der Waals surface area contributed by atoms with E-state index in [4.69, 9.17) is 0 Å². The predicted octanol–water partition coefficient (Wildman–Crippen LogP) is 4.70. The van der Waals surface area contributed by atoms with Crippen molar-refractivity contribution in [2.45, 2.75) is 19.4 Å².